The molecule has 0 aromatic heterocycles. The molecular weight excluding hydrogens is 282 g/mol. The molecule has 0 aromatic rings. The van der Waals surface area contributed by atoms with Crippen molar-refractivity contribution in [1.82, 2.24) is 4.90 Å². The lowest BCUT2D eigenvalue weighted by Gasteiger charge is -2.55. The van der Waals surface area contributed by atoms with Gasteiger partial charge in [0.15, 0.2) is 5.78 Å². The fourth-order valence-electron chi connectivity index (χ4n) is 3.46. The molecule has 1 saturated heterocycles. The highest BCUT2D eigenvalue weighted by Crippen LogP contribution is 2.39. The smallest absolute Gasteiger partial charge is 0.155 e. The molecule has 0 aliphatic carbocycles. The quantitative estimate of drug-likeness (QED) is 0.753. The molecule has 1 rings (SSSR count). The summed E-state index contributed by atoms with van der Waals surface area (Å²) in [6, 6.07) is 0. The lowest BCUT2D eigenvalue weighted by atomic mass is 9.78. The van der Waals surface area contributed by atoms with Crippen molar-refractivity contribution >= 4 is 12.6 Å². The second-order valence-electron chi connectivity index (χ2n) is 7.33. The minimum Gasteiger partial charge on any atom is -0.381 e. The first-order valence-electron chi connectivity index (χ1n) is 7.79. The van der Waals surface area contributed by atoms with Crippen molar-refractivity contribution in [2.45, 2.75) is 77.7 Å². The molecule has 1 aliphatic rings. The van der Waals surface area contributed by atoms with Gasteiger partial charge in [-0.15, -0.1) is 0 Å². The number of rotatable bonds is 6. The Balaban J connectivity index is 0.00000211. The SMILES string of the molecule is C=O.COC1CC(C)(C)N(CC(C)OCC(C)=O)C(C)(C)C1. The van der Waals surface area contributed by atoms with Gasteiger partial charge in [-0.1, -0.05) is 0 Å². The van der Waals surface area contributed by atoms with Gasteiger partial charge in [-0.05, 0) is 54.4 Å². The van der Waals surface area contributed by atoms with Crippen LogP contribution in [0.3, 0.4) is 0 Å². The third kappa shape index (κ3) is 6.15. The van der Waals surface area contributed by atoms with Gasteiger partial charge in [0.1, 0.15) is 13.4 Å². The zero-order valence-corrected chi connectivity index (χ0v) is 15.3. The van der Waals surface area contributed by atoms with Crippen molar-refractivity contribution in [3.05, 3.63) is 0 Å². The Morgan fingerprint density at radius 2 is 1.68 bits per heavy atom. The maximum atomic E-state index is 11.0. The largest absolute Gasteiger partial charge is 0.381 e. The Morgan fingerprint density at radius 3 is 2.05 bits per heavy atom. The van der Waals surface area contributed by atoms with E-state index < -0.39 is 0 Å². The molecule has 0 N–H and O–H groups in total. The van der Waals surface area contributed by atoms with Crippen LogP contribution in [-0.4, -0.2) is 61.0 Å². The van der Waals surface area contributed by atoms with Gasteiger partial charge >= 0.3 is 0 Å². The van der Waals surface area contributed by atoms with E-state index in [0.717, 1.165) is 19.4 Å². The molecule has 5 nitrogen and oxygen atoms in total. The Kier molecular flexibility index (Phi) is 8.44. The van der Waals surface area contributed by atoms with E-state index in [2.05, 4.69) is 32.6 Å². The number of ketones is 1. The number of hydrogen-bond acceptors (Lipinski definition) is 5. The lowest BCUT2D eigenvalue weighted by molar-refractivity contribution is -0.128. The molecule has 22 heavy (non-hydrogen) atoms. The molecule has 1 atom stereocenters. The number of likely N-dealkylation sites (tertiary alicyclic amines) is 1. The van der Waals surface area contributed by atoms with Crippen molar-refractivity contribution in [3.8, 4) is 0 Å². The van der Waals surface area contributed by atoms with Crippen LogP contribution in [0, 0.1) is 0 Å². The van der Waals surface area contributed by atoms with E-state index in [0.29, 0.717) is 6.10 Å². The van der Waals surface area contributed by atoms with Gasteiger partial charge in [0.05, 0.1) is 12.2 Å². The average Bonchev–Trinajstić information content (AvgIpc) is 2.41. The maximum absolute atomic E-state index is 11.0. The number of carbonyl (C=O) groups excluding carboxylic acids is 2. The highest BCUT2D eigenvalue weighted by atomic mass is 16.5. The van der Waals surface area contributed by atoms with Crippen molar-refractivity contribution in [1.29, 1.82) is 0 Å². The van der Waals surface area contributed by atoms with Crippen LogP contribution in [-0.2, 0) is 19.1 Å². The molecule has 0 bridgehead atoms. The molecule has 1 aliphatic heterocycles. The summed E-state index contributed by atoms with van der Waals surface area (Å²) < 4.78 is 11.2. The highest BCUT2D eigenvalue weighted by molar-refractivity contribution is 5.76. The van der Waals surface area contributed by atoms with Crippen molar-refractivity contribution in [2.75, 3.05) is 20.3 Å². The summed E-state index contributed by atoms with van der Waals surface area (Å²) in [5.41, 5.74) is 0.131. The summed E-state index contributed by atoms with van der Waals surface area (Å²) in [6.45, 7) is 15.7. The number of carbonyl (C=O) groups is 2. The van der Waals surface area contributed by atoms with Gasteiger partial charge in [-0.3, -0.25) is 9.69 Å². The van der Waals surface area contributed by atoms with E-state index in [1.807, 2.05) is 13.7 Å². The van der Waals surface area contributed by atoms with Crippen LogP contribution in [0.4, 0.5) is 0 Å². The summed E-state index contributed by atoms with van der Waals surface area (Å²) in [7, 11) is 1.80. The predicted octanol–water partition coefficient (Wildman–Crippen LogP) is 2.46. The summed E-state index contributed by atoms with van der Waals surface area (Å²) in [6.07, 6.45) is 2.40. The second-order valence-corrected chi connectivity index (χ2v) is 7.33. The van der Waals surface area contributed by atoms with Gasteiger partial charge in [-0.2, -0.15) is 0 Å². The minimum atomic E-state index is 0.0524. The Morgan fingerprint density at radius 1 is 1.23 bits per heavy atom. The maximum Gasteiger partial charge on any atom is 0.155 e. The number of nitrogens with zero attached hydrogens (tertiary/aromatic N) is 1. The van der Waals surface area contributed by atoms with E-state index in [9.17, 15) is 4.79 Å². The zero-order chi connectivity index (χ0) is 17.6. The number of Topliss-reactive ketones (excluding diaryl/α,β-unsaturated/α-hetero) is 1. The third-order valence-corrected chi connectivity index (χ3v) is 4.26. The number of ether oxygens (including phenoxy) is 2. The van der Waals surface area contributed by atoms with Gasteiger partial charge in [0, 0.05) is 24.7 Å². The Bertz CT molecular complexity index is 337. The molecule has 0 spiro atoms. The minimum absolute atomic E-state index is 0.0524. The van der Waals surface area contributed by atoms with Crippen LogP contribution >= 0.6 is 0 Å². The van der Waals surface area contributed by atoms with E-state index >= 15 is 0 Å². The zero-order valence-electron chi connectivity index (χ0n) is 15.3. The summed E-state index contributed by atoms with van der Waals surface area (Å²) >= 11 is 0. The Hall–Kier alpha value is -0.780. The molecule has 1 fully saturated rings. The first-order valence-corrected chi connectivity index (χ1v) is 7.79. The van der Waals surface area contributed by atoms with Gasteiger partial charge in [0.2, 0.25) is 0 Å². The van der Waals surface area contributed by atoms with Crippen LogP contribution in [0.1, 0.15) is 54.4 Å². The van der Waals surface area contributed by atoms with E-state index in [4.69, 9.17) is 14.3 Å². The molecule has 130 valence electrons. The molecule has 0 radical (unpaired) electrons. The van der Waals surface area contributed by atoms with Crippen LogP contribution < -0.4 is 0 Å². The Labute approximate surface area is 135 Å². The lowest BCUT2D eigenvalue weighted by Crippen LogP contribution is -2.63. The van der Waals surface area contributed by atoms with Gasteiger partial charge < -0.3 is 14.3 Å². The molecule has 0 aromatic carbocycles. The second kappa shape index (κ2) is 8.75. The first-order chi connectivity index (χ1) is 10.1. The van der Waals surface area contributed by atoms with E-state index in [-0.39, 0.29) is 29.6 Å². The summed E-state index contributed by atoms with van der Waals surface area (Å²) in [4.78, 5) is 21.5. The normalized spacial score (nSPS) is 22.5. The van der Waals surface area contributed by atoms with Gasteiger partial charge in [0.25, 0.3) is 0 Å². The molecule has 0 amide bonds. The molecular formula is C17H33NO4. The van der Waals surface area contributed by atoms with Crippen molar-refractivity contribution < 1.29 is 19.1 Å². The average molecular weight is 315 g/mol. The first kappa shape index (κ1) is 21.2. The van der Waals surface area contributed by atoms with E-state index in [1.165, 1.54) is 0 Å². The standard InChI is InChI=1S/C16H31NO3.CH2O/c1-12(18)11-20-13(2)10-17-15(3,4)8-14(19-7)9-16(17,5)6;1-2/h13-14H,8-11H2,1-7H3;1H2. The van der Waals surface area contributed by atoms with Crippen LogP contribution in [0.25, 0.3) is 0 Å². The van der Waals surface area contributed by atoms with Crippen LogP contribution in [0.2, 0.25) is 0 Å². The molecule has 0 saturated carbocycles. The molecule has 5 heteroatoms. The third-order valence-electron chi connectivity index (χ3n) is 4.26. The monoisotopic (exact) mass is 315 g/mol. The number of piperidine rings is 1. The summed E-state index contributed by atoms with van der Waals surface area (Å²) in [5.74, 6) is 0.0773. The van der Waals surface area contributed by atoms with Gasteiger partial charge in [-0.25, -0.2) is 0 Å². The van der Waals surface area contributed by atoms with Crippen LogP contribution in [0.15, 0.2) is 0 Å². The fraction of sp³-hybridized carbons (Fsp3) is 0.882. The summed E-state index contributed by atoms with van der Waals surface area (Å²) in [5, 5.41) is 0. The molecule has 1 heterocycles. The topological polar surface area (TPSA) is 55.8 Å². The van der Waals surface area contributed by atoms with Crippen LogP contribution in [0.5, 0.6) is 0 Å². The van der Waals surface area contributed by atoms with Crippen molar-refractivity contribution in [2.24, 2.45) is 0 Å². The predicted molar refractivity (Wildman–Crippen MR) is 88.1 cm³/mol. The molecule has 1 unspecified atom stereocenters. The van der Waals surface area contributed by atoms with Crippen molar-refractivity contribution in [3.63, 3.8) is 0 Å². The van der Waals surface area contributed by atoms with E-state index in [1.54, 1.807) is 14.0 Å². The fourth-order valence-corrected chi connectivity index (χ4v) is 3.46. The number of hydrogen-bond donors (Lipinski definition) is 0. The number of methoxy groups -OCH3 is 1. The highest BCUT2D eigenvalue weighted by Gasteiger charge is 2.45.